The molecule has 3 aromatic rings. The minimum Gasteiger partial charge on any atom is -0.341 e. The molecule has 0 aromatic carbocycles. The summed E-state index contributed by atoms with van der Waals surface area (Å²) in [6, 6.07) is 7.98. The Labute approximate surface area is 118 Å². The van der Waals surface area contributed by atoms with E-state index in [-0.39, 0.29) is 0 Å². The number of pyridine rings is 2. The summed E-state index contributed by atoms with van der Waals surface area (Å²) in [6.07, 6.45) is 6.36. The summed E-state index contributed by atoms with van der Waals surface area (Å²) < 4.78 is 0. The molecule has 0 saturated carbocycles. The lowest BCUT2D eigenvalue weighted by Crippen LogP contribution is -1.86. The summed E-state index contributed by atoms with van der Waals surface area (Å²) in [6.45, 7) is 4.09. The van der Waals surface area contributed by atoms with Gasteiger partial charge >= 0.3 is 0 Å². The van der Waals surface area contributed by atoms with Gasteiger partial charge < -0.3 is 4.98 Å². The number of imidazole rings is 1. The molecule has 1 N–H and O–H groups in total. The lowest BCUT2D eigenvalue weighted by Gasteiger charge is -1.98. The van der Waals surface area contributed by atoms with Crippen molar-refractivity contribution in [1.29, 1.82) is 0 Å². The van der Waals surface area contributed by atoms with E-state index in [1.165, 1.54) is 0 Å². The third kappa shape index (κ3) is 2.32. The standard InChI is InChI=1S/C16H16N4/c1-3-14-15(12-5-4-8-17-9-12)20-16(19-14)13-7-6-11(2)18-10-13/h4-10H,3H2,1-2H3,(H,19,20). The summed E-state index contributed by atoms with van der Waals surface area (Å²) >= 11 is 0. The molecule has 20 heavy (non-hydrogen) atoms. The van der Waals surface area contributed by atoms with Crippen LogP contribution in [-0.4, -0.2) is 19.9 Å². The van der Waals surface area contributed by atoms with Gasteiger partial charge in [-0.05, 0) is 37.6 Å². The van der Waals surface area contributed by atoms with Crippen molar-refractivity contribution in [3.05, 3.63) is 54.2 Å². The molecule has 0 fully saturated rings. The second kappa shape index (κ2) is 5.25. The first-order valence-corrected chi connectivity index (χ1v) is 6.70. The summed E-state index contributed by atoms with van der Waals surface area (Å²) in [4.78, 5) is 16.6. The van der Waals surface area contributed by atoms with Gasteiger partial charge in [0.2, 0.25) is 0 Å². The average molecular weight is 264 g/mol. The van der Waals surface area contributed by atoms with Crippen molar-refractivity contribution in [1.82, 2.24) is 19.9 Å². The van der Waals surface area contributed by atoms with Crippen LogP contribution in [0.5, 0.6) is 0 Å². The van der Waals surface area contributed by atoms with E-state index in [0.29, 0.717) is 0 Å². The van der Waals surface area contributed by atoms with E-state index in [4.69, 9.17) is 4.98 Å². The largest absolute Gasteiger partial charge is 0.341 e. The predicted octanol–water partition coefficient (Wildman–Crippen LogP) is 3.40. The smallest absolute Gasteiger partial charge is 0.139 e. The van der Waals surface area contributed by atoms with E-state index in [2.05, 4.69) is 21.9 Å². The van der Waals surface area contributed by atoms with Gasteiger partial charge in [0, 0.05) is 41.1 Å². The van der Waals surface area contributed by atoms with E-state index >= 15 is 0 Å². The van der Waals surface area contributed by atoms with Crippen molar-refractivity contribution in [2.75, 3.05) is 0 Å². The van der Waals surface area contributed by atoms with Crippen molar-refractivity contribution in [3.63, 3.8) is 0 Å². The fourth-order valence-corrected chi connectivity index (χ4v) is 2.15. The van der Waals surface area contributed by atoms with Gasteiger partial charge in [0.1, 0.15) is 5.82 Å². The molecule has 0 radical (unpaired) electrons. The molecule has 0 aliphatic heterocycles. The molecule has 3 heterocycles. The molecule has 100 valence electrons. The number of nitrogens with zero attached hydrogens (tertiary/aromatic N) is 3. The summed E-state index contributed by atoms with van der Waals surface area (Å²) in [5.41, 5.74) is 5.13. The van der Waals surface area contributed by atoms with Crippen molar-refractivity contribution in [3.8, 4) is 22.6 Å². The number of hydrogen-bond acceptors (Lipinski definition) is 3. The van der Waals surface area contributed by atoms with Crippen LogP contribution in [-0.2, 0) is 6.42 Å². The zero-order valence-electron chi connectivity index (χ0n) is 11.6. The summed E-state index contributed by atoms with van der Waals surface area (Å²) in [7, 11) is 0. The summed E-state index contributed by atoms with van der Waals surface area (Å²) in [5.74, 6) is 0.855. The maximum absolute atomic E-state index is 4.72. The first kappa shape index (κ1) is 12.5. The third-order valence-electron chi connectivity index (χ3n) is 3.25. The Hall–Kier alpha value is -2.49. The highest BCUT2D eigenvalue weighted by Crippen LogP contribution is 2.25. The second-order valence-corrected chi connectivity index (χ2v) is 4.70. The highest BCUT2D eigenvalue weighted by molar-refractivity contribution is 5.66. The van der Waals surface area contributed by atoms with E-state index in [1.54, 1.807) is 6.20 Å². The lowest BCUT2D eigenvalue weighted by molar-refractivity contribution is 1.07. The van der Waals surface area contributed by atoms with Gasteiger partial charge in [-0.25, -0.2) is 4.98 Å². The first-order valence-electron chi connectivity index (χ1n) is 6.70. The number of aromatic nitrogens is 4. The van der Waals surface area contributed by atoms with Crippen molar-refractivity contribution in [2.24, 2.45) is 0 Å². The van der Waals surface area contributed by atoms with Crippen molar-refractivity contribution in [2.45, 2.75) is 20.3 Å². The zero-order chi connectivity index (χ0) is 13.9. The van der Waals surface area contributed by atoms with Crippen LogP contribution in [0, 0.1) is 6.92 Å². The van der Waals surface area contributed by atoms with Crippen LogP contribution >= 0.6 is 0 Å². The van der Waals surface area contributed by atoms with Crippen LogP contribution in [0.3, 0.4) is 0 Å². The normalized spacial score (nSPS) is 10.7. The third-order valence-corrected chi connectivity index (χ3v) is 3.25. The minimum atomic E-state index is 0.855. The van der Waals surface area contributed by atoms with Gasteiger partial charge in [-0.1, -0.05) is 6.92 Å². The molecule has 3 rings (SSSR count). The Balaban J connectivity index is 2.07. The molecule has 0 amide bonds. The van der Waals surface area contributed by atoms with Crippen LogP contribution in [0.25, 0.3) is 22.6 Å². The number of aromatic amines is 1. The fourth-order valence-electron chi connectivity index (χ4n) is 2.15. The first-order chi connectivity index (χ1) is 9.78. The fraction of sp³-hybridized carbons (Fsp3) is 0.188. The molecule has 4 nitrogen and oxygen atoms in total. The highest BCUT2D eigenvalue weighted by Gasteiger charge is 2.12. The Bertz CT molecular complexity index is 699. The number of H-pyrrole nitrogens is 1. The number of nitrogens with one attached hydrogen (secondary N) is 1. The molecule has 0 unspecified atom stereocenters. The Morgan fingerprint density at radius 3 is 2.65 bits per heavy atom. The molecular formula is C16H16N4. The molecule has 3 aromatic heterocycles. The SMILES string of the molecule is CCc1[nH]c(-c2ccc(C)nc2)nc1-c1cccnc1. The highest BCUT2D eigenvalue weighted by atomic mass is 14.9. The maximum atomic E-state index is 4.72. The molecule has 0 bridgehead atoms. The molecule has 0 aliphatic carbocycles. The van der Waals surface area contributed by atoms with Crippen LogP contribution in [0.1, 0.15) is 18.3 Å². The van der Waals surface area contributed by atoms with Gasteiger partial charge in [-0.2, -0.15) is 0 Å². The minimum absolute atomic E-state index is 0.855. The quantitative estimate of drug-likeness (QED) is 0.788. The van der Waals surface area contributed by atoms with Crippen molar-refractivity contribution < 1.29 is 0 Å². The molecule has 0 saturated heterocycles. The van der Waals surface area contributed by atoms with Gasteiger partial charge in [0.25, 0.3) is 0 Å². The van der Waals surface area contributed by atoms with E-state index < -0.39 is 0 Å². The lowest BCUT2D eigenvalue weighted by atomic mass is 10.1. The van der Waals surface area contributed by atoms with Gasteiger partial charge in [-0.15, -0.1) is 0 Å². The van der Waals surface area contributed by atoms with Crippen LogP contribution in [0.15, 0.2) is 42.9 Å². The zero-order valence-corrected chi connectivity index (χ0v) is 11.6. The second-order valence-electron chi connectivity index (χ2n) is 4.70. The summed E-state index contributed by atoms with van der Waals surface area (Å²) in [5, 5.41) is 0. The average Bonchev–Trinajstić information content (AvgIpc) is 2.93. The molecule has 0 spiro atoms. The van der Waals surface area contributed by atoms with Crippen molar-refractivity contribution >= 4 is 0 Å². The number of hydrogen-bond donors (Lipinski definition) is 1. The topological polar surface area (TPSA) is 54.5 Å². The number of rotatable bonds is 3. The van der Waals surface area contributed by atoms with E-state index in [1.807, 2.05) is 43.6 Å². The molecular weight excluding hydrogens is 248 g/mol. The van der Waals surface area contributed by atoms with Crippen LogP contribution in [0.4, 0.5) is 0 Å². The molecule has 0 aliphatic rings. The van der Waals surface area contributed by atoms with Crippen LogP contribution in [0.2, 0.25) is 0 Å². The van der Waals surface area contributed by atoms with E-state index in [9.17, 15) is 0 Å². The Morgan fingerprint density at radius 1 is 1.10 bits per heavy atom. The Morgan fingerprint density at radius 2 is 2.00 bits per heavy atom. The van der Waals surface area contributed by atoms with Gasteiger partial charge in [0.15, 0.2) is 0 Å². The predicted molar refractivity (Wildman–Crippen MR) is 79.2 cm³/mol. The van der Waals surface area contributed by atoms with Gasteiger partial charge in [-0.3, -0.25) is 9.97 Å². The monoisotopic (exact) mass is 264 g/mol. The number of aryl methyl sites for hydroxylation is 2. The molecule has 0 atom stereocenters. The van der Waals surface area contributed by atoms with Crippen LogP contribution < -0.4 is 0 Å². The van der Waals surface area contributed by atoms with Gasteiger partial charge in [0.05, 0.1) is 5.69 Å². The van der Waals surface area contributed by atoms with E-state index in [0.717, 1.165) is 40.5 Å². The Kier molecular flexibility index (Phi) is 3.29. The molecule has 4 heteroatoms. The maximum Gasteiger partial charge on any atom is 0.139 e.